The number of hydrogen-bond donors (Lipinski definition) is 3. The number of halogens is 1. The van der Waals surface area contributed by atoms with Crippen molar-refractivity contribution in [1.29, 1.82) is 0 Å². The largest absolute Gasteiger partial charge is 0.398 e. The lowest BCUT2D eigenvalue weighted by Crippen LogP contribution is -2.19. The Kier molecular flexibility index (Phi) is 5.55. The number of anilines is 1. The molecule has 0 aliphatic rings. The molecular weight excluding hydrogens is 442 g/mol. The average molecular weight is 460 g/mol. The number of amides is 1. The molecule has 6 nitrogen and oxygen atoms in total. The van der Waals surface area contributed by atoms with Crippen molar-refractivity contribution < 1.29 is 13.2 Å². The van der Waals surface area contributed by atoms with E-state index in [-0.39, 0.29) is 10.8 Å². The van der Waals surface area contributed by atoms with Crippen LogP contribution in [0.1, 0.15) is 10.4 Å². The lowest BCUT2D eigenvalue weighted by atomic mass is 9.94. The number of nitrogen functional groups attached to an aromatic ring is 1. The van der Waals surface area contributed by atoms with E-state index < -0.39 is 10.0 Å². The van der Waals surface area contributed by atoms with Crippen LogP contribution < -0.4 is 16.2 Å². The molecule has 0 radical (unpaired) electrons. The SMILES string of the molecule is CNC(=O)c1cc(-c2ccc(Br)cc2)cc(-c2ccc(S(N)(=O)=O)cc2)c1N. The van der Waals surface area contributed by atoms with Crippen LogP contribution in [0, 0.1) is 0 Å². The zero-order valence-corrected chi connectivity index (χ0v) is 17.3. The van der Waals surface area contributed by atoms with E-state index >= 15 is 0 Å². The van der Waals surface area contributed by atoms with Crippen LogP contribution in [0.5, 0.6) is 0 Å². The lowest BCUT2D eigenvalue weighted by Gasteiger charge is -2.14. The first kappa shape index (κ1) is 20.1. The molecule has 0 atom stereocenters. The number of nitrogens with two attached hydrogens (primary N) is 2. The van der Waals surface area contributed by atoms with Gasteiger partial charge in [0.25, 0.3) is 5.91 Å². The monoisotopic (exact) mass is 459 g/mol. The summed E-state index contributed by atoms with van der Waals surface area (Å²) in [6.45, 7) is 0. The minimum atomic E-state index is -3.79. The Balaban J connectivity index is 2.20. The maximum atomic E-state index is 12.3. The van der Waals surface area contributed by atoms with E-state index in [0.717, 1.165) is 15.6 Å². The van der Waals surface area contributed by atoms with Gasteiger partial charge in [0.15, 0.2) is 0 Å². The molecule has 3 rings (SSSR count). The maximum Gasteiger partial charge on any atom is 0.253 e. The average Bonchev–Trinajstić information content (AvgIpc) is 2.67. The summed E-state index contributed by atoms with van der Waals surface area (Å²) in [7, 11) is -2.26. The van der Waals surface area contributed by atoms with Crippen LogP contribution in [0.3, 0.4) is 0 Å². The summed E-state index contributed by atoms with van der Waals surface area (Å²) in [6, 6.07) is 17.3. The Bertz CT molecular complexity index is 1140. The first-order valence-electron chi connectivity index (χ1n) is 8.25. The third kappa shape index (κ3) is 4.09. The van der Waals surface area contributed by atoms with E-state index in [1.165, 1.54) is 19.2 Å². The van der Waals surface area contributed by atoms with E-state index in [4.69, 9.17) is 10.9 Å². The molecule has 0 aromatic heterocycles. The molecule has 0 heterocycles. The first-order valence-corrected chi connectivity index (χ1v) is 10.6. The maximum absolute atomic E-state index is 12.3. The molecule has 3 aromatic rings. The van der Waals surface area contributed by atoms with E-state index in [0.29, 0.717) is 22.4 Å². The molecule has 0 aliphatic carbocycles. The van der Waals surface area contributed by atoms with E-state index in [1.54, 1.807) is 18.2 Å². The highest BCUT2D eigenvalue weighted by Gasteiger charge is 2.17. The van der Waals surface area contributed by atoms with Crippen LogP contribution in [0.2, 0.25) is 0 Å². The highest BCUT2D eigenvalue weighted by atomic mass is 79.9. The first-order chi connectivity index (χ1) is 13.2. The summed E-state index contributed by atoms with van der Waals surface area (Å²) in [5, 5.41) is 7.76. The predicted octanol–water partition coefficient (Wildman–Crippen LogP) is 3.37. The number of primary sulfonamides is 1. The third-order valence-electron chi connectivity index (χ3n) is 4.32. The minimum Gasteiger partial charge on any atom is -0.398 e. The standard InChI is InChI=1S/C20H18BrN3O3S/c1-24-20(25)18-11-14(12-2-6-15(21)7-3-12)10-17(19(18)22)13-4-8-16(9-5-13)28(23,26)27/h2-11H,22H2,1H3,(H,24,25)(H2,23,26,27). The highest BCUT2D eigenvalue weighted by molar-refractivity contribution is 9.10. The van der Waals surface area contributed by atoms with Crippen LogP contribution in [-0.4, -0.2) is 21.4 Å². The Morgan fingerprint density at radius 2 is 1.50 bits per heavy atom. The van der Waals surface area contributed by atoms with Gasteiger partial charge in [-0.15, -0.1) is 0 Å². The number of benzene rings is 3. The smallest absolute Gasteiger partial charge is 0.253 e. The van der Waals surface area contributed by atoms with Gasteiger partial charge in [-0.25, -0.2) is 13.6 Å². The van der Waals surface area contributed by atoms with Crippen molar-refractivity contribution in [3.05, 3.63) is 70.7 Å². The van der Waals surface area contributed by atoms with E-state index in [9.17, 15) is 13.2 Å². The van der Waals surface area contributed by atoms with Gasteiger partial charge in [-0.2, -0.15) is 0 Å². The fourth-order valence-electron chi connectivity index (χ4n) is 2.85. The molecule has 1 amide bonds. The zero-order valence-electron chi connectivity index (χ0n) is 14.9. The predicted molar refractivity (Wildman–Crippen MR) is 114 cm³/mol. The molecular formula is C20H18BrN3O3S. The van der Waals surface area contributed by atoms with Gasteiger partial charge in [-0.3, -0.25) is 4.79 Å². The number of nitrogens with one attached hydrogen (secondary N) is 1. The van der Waals surface area contributed by atoms with Crippen LogP contribution in [-0.2, 0) is 10.0 Å². The molecule has 5 N–H and O–H groups in total. The van der Waals surface area contributed by atoms with Gasteiger partial charge in [0.2, 0.25) is 10.0 Å². The molecule has 0 saturated heterocycles. The van der Waals surface area contributed by atoms with Crippen LogP contribution in [0.15, 0.2) is 70.0 Å². The van der Waals surface area contributed by atoms with Crippen molar-refractivity contribution in [3.63, 3.8) is 0 Å². The second-order valence-electron chi connectivity index (χ2n) is 6.14. The van der Waals surface area contributed by atoms with Crippen molar-refractivity contribution in [2.24, 2.45) is 5.14 Å². The molecule has 0 unspecified atom stereocenters. The van der Waals surface area contributed by atoms with Gasteiger partial charge in [-0.05, 0) is 53.1 Å². The Labute approximate surface area is 171 Å². The normalized spacial score (nSPS) is 11.2. The van der Waals surface area contributed by atoms with Crippen molar-refractivity contribution in [2.75, 3.05) is 12.8 Å². The molecule has 28 heavy (non-hydrogen) atoms. The number of carbonyl (C=O) groups is 1. The van der Waals surface area contributed by atoms with Crippen molar-refractivity contribution in [3.8, 4) is 22.3 Å². The molecule has 3 aromatic carbocycles. The summed E-state index contributed by atoms with van der Waals surface area (Å²) in [4.78, 5) is 12.4. The van der Waals surface area contributed by atoms with Gasteiger partial charge in [0.1, 0.15) is 0 Å². The van der Waals surface area contributed by atoms with Crippen molar-refractivity contribution in [1.82, 2.24) is 5.32 Å². The van der Waals surface area contributed by atoms with Gasteiger partial charge in [0.05, 0.1) is 16.1 Å². The third-order valence-corrected chi connectivity index (χ3v) is 5.78. The van der Waals surface area contributed by atoms with Gasteiger partial charge < -0.3 is 11.1 Å². The molecule has 0 spiro atoms. The number of hydrogen-bond acceptors (Lipinski definition) is 4. The van der Waals surface area contributed by atoms with E-state index in [1.807, 2.05) is 30.3 Å². The molecule has 0 saturated carbocycles. The molecule has 0 bridgehead atoms. The summed E-state index contributed by atoms with van der Waals surface area (Å²) >= 11 is 3.41. The molecule has 8 heteroatoms. The topological polar surface area (TPSA) is 115 Å². The number of sulfonamides is 1. The highest BCUT2D eigenvalue weighted by Crippen LogP contribution is 2.35. The molecule has 144 valence electrons. The number of carbonyl (C=O) groups excluding carboxylic acids is 1. The second kappa shape index (κ2) is 7.75. The lowest BCUT2D eigenvalue weighted by molar-refractivity contribution is 0.0964. The fraction of sp³-hybridized carbons (Fsp3) is 0.0500. The van der Waals surface area contributed by atoms with Gasteiger partial charge in [-0.1, -0.05) is 40.2 Å². The summed E-state index contributed by atoms with van der Waals surface area (Å²) in [5.74, 6) is -0.307. The van der Waals surface area contributed by atoms with Crippen LogP contribution in [0.25, 0.3) is 22.3 Å². The quantitative estimate of drug-likeness (QED) is 0.518. The summed E-state index contributed by atoms with van der Waals surface area (Å²) in [6.07, 6.45) is 0. The number of rotatable bonds is 4. The second-order valence-corrected chi connectivity index (χ2v) is 8.62. The van der Waals surface area contributed by atoms with Gasteiger partial charge in [0, 0.05) is 17.1 Å². The Morgan fingerprint density at radius 1 is 0.929 bits per heavy atom. The summed E-state index contributed by atoms with van der Waals surface area (Å²) < 4.78 is 23.9. The van der Waals surface area contributed by atoms with Gasteiger partial charge >= 0.3 is 0 Å². The van der Waals surface area contributed by atoms with Crippen LogP contribution >= 0.6 is 15.9 Å². The fourth-order valence-corrected chi connectivity index (χ4v) is 3.63. The Hall–Kier alpha value is -2.68. The van der Waals surface area contributed by atoms with Crippen LogP contribution in [0.4, 0.5) is 5.69 Å². The molecule has 0 fully saturated rings. The summed E-state index contributed by atoms with van der Waals surface area (Å²) in [5.41, 5.74) is 9.95. The molecule has 0 aliphatic heterocycles. The Morgan fingerprint density at radius 3 is 2.04 bits per heavy atom. The van der Waals surface area contributed by atoms with Crippen molar-refractivity contribution >= 4 is 37.5 Å². The zero-order chi connectivity index (χ0) is 20.5. The van der Waals surface area contributed by atoms with Crippen molar-refractivity contribution in [2.45, 2.75) is 4.90 Å². The minimum absolute atomic E-state index is 0.00501. The van der Waals surface area contributed by atoms with E-state index in [2.05, 4.69) is 21.2 Å².